The minimum atomic E-state index is 0.0840. The first kappa shape index (κ1) is 10.1. The normalized spacial score (nSPS) is 12.6. The average Bonchev–Trinajstić information content (AvgIpc) is 2.02. The fourth-order valence-corrected chi connectivity index (χ4v) is 1.18. The molecule has 1 aromatic carbocycles. The second-order valence-corrected chi connectivity index (χ2v) is 3.56. The smallest absolute Gasteiger partial charge is 0.122 e. The molecule has 13 heavy (non-hydrogen) atoms. The van der Waals surface area contributed by atoms with Crippen LogP contribution in [0.1, 0.15) is 18.1 Å². The zero-order valence-corrected chi connectivity index (χ0v) is 8.50. The van der Waals surface area contributed by atoms with Crippen molar-refractivity contribution in [1.29, 1.82) is 0 Å². The summed E-state index contributed by atoms with van der Waals surface area (Å²) in [4.78, 5) is 0. The van der Waals surface area contributed by atoms with Gasteiger partial charge in [0.15, 0.2) is 0 Å². The van der Waals surface area contributed by atoms with Crippen molar-refractivity contribution < 1.29 is 4.74 Å². The van der Waals surface area contributed by atoms with Crippen molar-refractivity contribution in [3.63, 3.8) is 0 Å². The van der Waals surface area contributed by atoms with Crippen molar-refractivity contribution in [3.05, 3.63) is 29.3 Å². The Morgan fingerprint density at radius 1 is 1.38 bits per heavy atom. The lowest BCUT2D eigenvalue weighted by Gasteiger charge is -2.11. The van der Waals surface area contributed by atoms with Gasteiger partial charge in [-0.2, -0.15) is 0 Å². The second kappa shape index (κ2) is 4.28. The van der Waals surface area contributed by atoms with Gasteiger partial charge >= 0.3 is 0 Å². The SMILES string of the molecule is Cc1ccc(OC[C@H](C)N)c(C)c1. The molecule has 0 aromatic heterocycles. The summed E-state index contributed by atoms with van der Waals surface area (Å²) in [5.41, 5.74) is 8.02. The van der Waals surface area contributed by atoms with E-state index in [1.54, 1.807) is 0 Å². The van der Waals surface area contributed by atoms with Crippen LogP contribution in [0.25, 0.3) is 0 Å². The van der Waals surface area contributed by atoms with Gasteiger partial charge in [-0.25, -0.2) is 0 Å². The molecular weight excluding hydrogens is 162 g/mol. The van der Waals surface area contributed by atoms with Crippen molar-refractivity contribution in [2.75, 3.05) is 6.61 Å². The van der Waals surface area contributed by atoms with Gasteiger partial charge in [0.1, 0.15) is 12.4 Å². The van der Waals surface area contributed by atoms with Gasteiger partial charge in [-0.05, 0) is 32.4 Å². The van der Waals surface area contributed by atoms with Crippen molar-refractivity contribution in [2.24, 2.45) is 5.73 Å². The van der Waals surface area contributed by atoms with E-state index in [9.17, 15) is 0 Å². The van der Waals surface area contributed by atoms with Gasteiger partial charge in [0.05, 0.1) is 0 Å². The van der Waals surface area contributed by atoms with Gasteiger partial charge in [-0.1, -0.05) is 17.7 Å². The lowest BCUT2D eigenvalue weighted by molar-refractivity contribution is 0.294. The van der Waals surface area contributed by atoms with Gasteiger partial charge in [0.25, 0.3) is 0 Å². The van der Waals surface area contributed by atoms with Crippen LogP contribution in [-0.4, -0.2) is 12.6 Å². The van der Waals surface area contributed by atoms with Crippen LogP contribution in [0.4, 0.5) is 0 Å². The van der Waals surface area contributed by atoms with E-state index in [-0.39, 0.29) is 6.04 Å². The van der Waals surface area contributed by atoms with Crippen molar-refractivity contribution >= 4 is 0 Å². The van der Waals surface area contributed by atoms with Gasteiger partial charge < -0.3 is 10.5 Å². The minimum Gasteiger partial charge on any atom is -0.492 e. The molecule has 2 nitrogen and oxygen atoms in total. The molecule has 0 radical (unpaired) electrons. The van der Waals surface area contributed by atoms with Crippen molar-refractivity contribution in [2.45, 2.75) is 26.8 Å². The average molecular weight is 179 g/mol. The van der Waals surface area contributed by atoms with Crippen molar-refractivity contribution in [3.8, 4) is 5.75 Å². The number of hydrogen-bond acceptors (Lipinski definition) is 2. The molecule has 1 atom stereocenters. The maximum Gasteiger partial charge on any atom is 0.122 e. The first-order chi connectivity index (χ1) is 6.09. The Hall–Kier alpha value is -1.02. The molecule has 1 aromatic rings. The summed E-state index contributed by atoms with van der Waals surface area (Å²) in [6, 6.07) is 6.23. The van der Waals surface area contributed by atoms with E-state index in [1.807, 2.05) is 26.0 Å². The minimum absolute atomic E-state index is 0.0840. The number of aryl methyl sites for hydroxylation is 2. The standard InChI is InChI=1S/C11H17NO/c1-8-4-5-11(9(2)6-8)13-7-10(3)12/h4-6,10H,7,12H2,1-3H3/t10-/m0/s1. The van der Waals surface area contributed by atoms with Crippen LogP contribution in [0.15, 0.2) is 18.2 Å². The van der Waals surface area contributed by atoms with Crippen molar-refractivity contribution in [1.82, 2.24) is 0 Å². The predicted octanol–water partition coefficient (Wildman–Crippen LogP) is 2.03. The highest BCUT2D eigenvalue weighted by Gasteiger charge is 2.00. The Morgan fingerprint density at radius 2 is 2.08 bits per heavy atom. The molecule has 72 valence electrons. The lowest BCUT2D eigenvalue weighted by atomic mass is 10.1. The van der Waals surface area contributed by atoms with E-state index >= 15 is 0 Å². The Labute approximate surface area is 79.7 Å². The van der Waals surface area contributed by atoms with Crippen LogP contribution in [0, 0.1) is 13.8 Å². The Kier molecular flexibility index (Phi) is 3.32. The molecule has 0 aliphatic rings. The summed E-state index contributed by atoms with van der Waals surface area (Å²) in [6.07, 6.45) is 0. The first-order valence-corrected chi connectivity index (χ1v) is 4.55. The predicted molar refractivity (Wildman–Crippen MR) is 55.1 cm³/mol. The molecule has 0 aliphatic carbocycles. The van der Waals surface area contributed by atoms with Crippen LogP contribution < -0.4 is 10.5 Å². The molecule has 0 heterocycles. The molecule has 2 N–H and O–H groups in total. The molecule has 0 bridgehead atoms. The van der Waals surface area contributed by atoms with E-state index in [1.165, 1.54) is 11.1 Å². The largest absolute Gasteiger partial charge is 0.492 e. The molecule has 2 heteroatoms. The highest BCUT2D eigenvalue weighted by molar-refractivity contribution is 5.35. The highest BCUT2D eigenvalue weighted by atomic mass is 16.5. The van der Waals surface area contributed by atoms with E-state index < -0.39 is 0 Å². The summed E-state index contributed by atoms with van der Waals surface area (Å²) in [5, 5.41) is 0. The van der Waals surface area contributed by atoms with Crippen LogP contribution in [0.2, 0.25) is 0 Å². The highest BCUT2D eigenvalue weighted by Crippen LogP contribution is 2.18. The molecule has 0 unspecified atom stereocenters. The molecule has 0 fully saturated rings. The molecule has 0 amide bonds. The maximum absolute atomic E-state index is 5.60. The molecular formula is C11H17NO. The van der Waals surface area contributed by atoms with Crippen LogP contribution in [0.3, 0.4) is 0 Å². The number of rotatable bonds is 3. The topological polar surface area (TPSA) is 35.2 Å². The van der Waals surface area contributed by atoms with E-state index in [4.69, 9.17) is 10.5 Å². The quantitative estimate of drug-likeness (QED) is 0.770. The summed E-state index contributed by atoms with van der Waals surface area (Å²) < 4.78 is 5.53. The molecule has 0 aliphatic heterocycles. The molecule has 0 spiro atoms. The summed E-state index contributed by atoms with van der Waals surface area (Å²) in [7, 11) is 0. The third-order valence-electron chi connectivity index (χ3n) is 1.83. The maximum atomic E-state index is 5.60. The summed E-state index contributed by atoms with van der Waals surface area (Å²) >= 11 is 0. The monoisotopic (exact) mass is 179 g/mol. The number of ether oxygens (including phenoxy) is 1. The van der Waals surface area contributed by atoms with E-state index in [0.717, 1.165) is 5.75 Å². The first-order valence-electron chi connectivity index (χ1n) is 4.55. The van der Waals surface area contributed by atoms with Gasteiger partial charge in [-0.3, -0.25) is 0 Å². The lowest BCUT2D eigenvalue weighted by Crippen LogP contribution is -2.23. The molecule has 0 saturated heterocycles. The van der Waals surface area contributed by atoms with Crippen LogP contribution in [0.5, 0.6) is 5.75 Å². The van der Waals surface area contributed by atoms with Crippen LogP contribution >= 0.6 is 0 Å². The van der Waals surface area contributed by atoms with Gasteiger partial charge in [-0.15, -0.1) is 0 Å². The second-order valence-electron chi connectivity index (χ2n) is 3.56. The van der Waals surface area contributed by atoms with Crippen LogP contribution in [-0.2, 0) is 0 Å². The number of hydrogen-bond donors (Lipinski definition) is 1. The van der Waals surface area contributed by atoms with Gasteiger partial charge in [0.2, 0.25) is 0 Å². The fourth-order valence-electron chi connectivity index (χ4n) is 1.18. The number of nitrogens with two attached hydrogens (primary N) is 1. The summed E-state index contributed by atoms with van der Waals surface area (Å²) in [5.74, 6) is 0.933. The zero-order chi connectivity index (χ0) is 9.84. The zero-order valence-electron chi connectivity index (χ0n) is 8.50. The fraction of sp³-hybridized carbons (Fsp3) is 0.455. The third-order valence-corrected chi connectivity index (χ3v) is 1.83. The van der Waals surface area contributed by atoms with Gasteiger partial charge in [0, 0.05) is 6.04 Å². The molecule has 0 saturated carbocycles. The molecule has 1 rings (SSSR count). The Balaban J connectivity index is 2.67. The van der Waals surface area contributed by atoms with E-state index in [2.05, 4.69) is 13.0 Å². The Morgan fingerprint density at radius 3 is 2.62 bits per heavy atom. The Bertz CT molecular complexity index is 281. The summed E-state index contributed by atoms with van der Waals surface area (Å²) in [6.45, 7) is 6.62. The van der Waals surface area contributed by atoms with E-state index in [0.29, 0.717) is 6.61 Å². The third kappa shape index (κ3) is 3.07. The number of benzene rings is 1.